The van der Waals surface area contributed by atoms with Crippen LogP contribution < -0.4 is 11.0 Å². The molecule has 84 valence electrons. The van der Waals surface area contributed by atoms with Crippen molar-refractivity contribution in [3.05, 3.63) is 23.8 Å². The molecule has 0 aromatic heterocycles. The number of rotatable bonds is 5. The van der Waals surface area contributed by atoms with E-state index < -0.39 is 0 Å². The van der Waals surface area contributed by atoms with E-state index in [1.165, 1.54) is 5.23 Å². The molecule has 0 aliphatic rings. The zero-order valence-corrected chi connectivity index (χ0v) is 9.49. The van der Waals surface area contributed by atoms with Crippen molar-refractivity contribution in [3.63, 3.8) is 0 Å². The number of anilines is 2. The summed E-state index contributed by atoms with van der Waals surface area (Å²) in [5, 5.41) is 1.40. The van der Waals surface area contributed by atoms with Crippen LogP contribution in [0.1, 0.15) is 19.4 Å². The average Bonchev–Trinajstić information content (AvgIpc) is 2.22. The molecule has 15 heavy (non-hydrogen) atoms. The van der Waals surface area contributed by atoms with Crippen molar-refractivity contribution in [2.24, 2.45) is 0 Å². The van der Waals surface area contributed by atoms with Crippen LogP contribution in [0, 0.1) is 6.92 Å². The highest BCUT2D eigenvalue weighted by molar-refractivity contribution is 5.57. The van der Waals surface area contributed by atoms with Crippen molar-refractivity contribution in [2.45, 2.75) is 20.8 Å². The van der Waals surface area contributed by atoms with Crippen LogP contribution in [0.4, 0.5) is 11.4 Å². The molecule has 2 N–H and O–H groups in total. The molecule has 0 bridgehead atoms. The number of hydrogen-bond donors (Lipinski definition) is 1. The fraction of sp³-hybridized carbons (Fsp3) is 0.455. The molecule has 0 unspecified atom stereocenters. The Hall–Kier alpha value is -1.26. The van der Waals surface area contributed by atoms with Crippen LogP contribution in [0.15, 0.2) is 18.2 Å². The van der Waals surface area contributed by atoms with Gasteiger partial charge in [0, 0.05) is 5.69 Å². The average molecular weight is 210 g/mol. The molecule has 4 nitrogen and oxygen atoms in total. The lowest BCUT2D eigenvalue weighted by Gasteiger charge is -2.21. The summed E-state index contributed by atoms with van der Waals surface area (Å²) in [5.74, 6) is 0. The summed E-state index contributed by atoms with van der Waals surface area (Å²) < 4.78 is 0. The summed E-state index contributed by atoms with van der Waals surface area (Å²) >= 11 is 0. The second kappa shape index (κ2) is 5.58. The van der Waals surface area contributed by atoms with E-state index >= 15 is 0 Å². The van der Waals surface area contributed by atoms with Crippen LogP contribution in [0.25, 0.3) is 0 Å². The van der Waals surface area contributed by atoms with Gasteiger partial charge in [-0.15, -0.1) is 5.23 Å². The summed E-state index contributed by atoms with van der Waals surface area (Å²) in [4.78, 5) is 10.6. The predicted octanol–water partition coefficient (Wildman–Crippen LogP) is 2.29. The quantitative estimate of drug-likeness (QED) is 0.598. The number of aryl methyl sites for hydroxylation is 1. The molecular weight excluding hydrogens is 192 g/mol. The van der Waals surface area contributed by atoms with Gasteiger partial charge in [-0.2, -0.15) is 0 Å². The number of benzene rings is 1. The molecule has 0 saturated carbocycles. The van der Waals surface area contributed by atoms with Crippen LogP contribution in [-0.4, -0.2) is 13.2 Å². The third-order valence-electron chi connectivity index (χ3n) is 1.97. The topological polar surface area (TPSA) is 47.7 Å². The lowest BCUT2D eigenvalue weighted by molar-refractivity contribution is -0.0817. The van der Waals surface area contributed by atoms with Crippen molar-refractivity contribution in [2.75, 3.05) is 24.2 Å². The van der Waals surface area contributed by atoms with Crippen molar-refractivity contribution >= 4 is 11.4 Å². The van der Waals surface area contributed by atoms with E-state index in [-0.39, 0.29) is 0 Å². The molecule has 4 heteroatoms. The number of nitrogen functional groups attached to an aromatic ring is 1. The van der Waals surface area contributed by atoms with E-state index in [1.54, 1.807) is 0 Å². The third-order valence-corrected chi connectivity index (χ3v) is 1.97. The summed E-state index contributed by atoms with van der Waals surface area (Å²) in [6.07, 6.45) is 0. The van der Waals surface area contributed by atoms with Gasteiger partial charge >= 0.3 is 0 Å². The Morgan fingerprint density at radius 3 is 2.27 bits per heavy atom. The fourth-order valence-corrected chi connectivity index (χ4v) is 1.16. The Labute approximate surface area is 90.5 Å². The van der Waals surface area contributed by atoms with Gasteiger partial charge < -0.3 is 5.73 Å². The first kappa shape index (κ1) is 11.8. The molecule has 0 amide bonds. The van der Waals surface area contributed by atoms with Gasteiger partial charge in [-0.05, 0) is 38.5 Å². The second-order valence-corrected chi connectivity index (χ2v) is 3.13. The first-order valence-electron chi connectivity index (χ1n) is 5.11. The molecule has 0 radical (unpaired) electrons. The molecule has 0 atom stereocenters. The van der Waals surface area contributed by atoms with E-state index in [1.807, 2.05) is 39.0 Å². The Balaban J connectivity index is 2.85. The SMILES string of the molecule is CCON(OCC)c1ccc(C)c(N)c1. The first-order valence-corrected chi connectivity index (χ1v) is 5.11. The molecule has 1 aromatic carbocycles. The Morgan fingerprint density at radius 1 is 1.20 bits per heavy atom. The molecular formula is C11H18N2O2. The van der Waals surface area contributed by atoms with Gasteiger partial charge in [0.05, 0.1) is 18.9 Å². The van der Waals surface area contributed by atoms with Crippen molar-refractivity contribution in [3.8, 4) is 0 Å². The van der Waals surface area contributed by atoms with Crippen LogP contribution in [0.5, 0.6) is 0 Å². The van der Waals surface area contributed by atoms with Crippen LogP contribution >= 0.6 is 0 Å². The van der Waals surface area contributed by atoms with Gasteiger partial charge in [-0.1, -0.05) is 6.07 Å². The van der Waals surface area contributed by atoms with Gasteiger partial charge in [-0.25, -0.2) is 9.68 Å². The molecule has 0 aliphatic heterocycles. The number of hydrogen-bond acceptors (Lipinski definition) is 4. The summed E-state index contributed by atoms with van der Waals surface area (Å²) in [7, 11) is 0. The van der Waals surface area contributed by atoms with Crippen molar-refractivity contribution < 1.29 is 9.68 Å². The van der Waals surface area contributed by atoms with E-state index in [0.717, 1.165) is 16.9 Å². The van der Waals surface area contributed by atoms with Gasteiger partial charge in [0.2, 0.25) is 0 Å². The maximum atomic E-state index is 5.81. The number of nitrogens with two attached hydrogens (primary N) is 1. The highest BCUT2D eigenvalue weighted by atomic mass is 16.9. The smallest absolute Gasteiger partial charge is 0.0968 e. The van der Waals surface area contributed by atoms with Crippen molar-refractivity contribution in [1.82, 2.24) is 0 Å². The lowest BCUT2D eigenvalue weighted by Crippen LogP contribution is -2.24. The van der Waals surface area contributed by atoms with Gasteiger partial charge in [0.25, 0.3) is 0 Å². The van der Waals surface area contributed by atoms with E-state index in [9.17, 15) is 0 Å². The molecule has 0 saturated heterocycles. The maximum Gasteiger partial charge on any atom is 0.0968 e. The Morgan fingerprint density at radius 2 is 1.80 bits per heavy atom. The molecule has 0 heterocycles. The van der Waals surface area contributed by atoms with Gasteiger partial charge in [0.1, 0.15) is 0 Å². The second-order valence-electron chi connectivity index (χ2n) is 3.13. The van der Waals surface area contributed by atoms with Gasteiger partial charge in [-0.3, -0.25) is 0 Å². The third kappa shape index (κ3) is 3.11. The first-order chi connectivity index (χ1) is 7.19. The van der Waals surface area contributed by atoms with Crippen molar-refractivity contribution in [1.29, 1.82) is 0 Å². The minimum Gasteiger partial charge on any atom is -0.398 e. The molecule has 0 spiro atoms. The maximum absolute atomic E-state index is 5.81. The Kier molecular flexibility index (Phi) is 4.39. The van der Waals surface area contributed by atoms with Crippen LogP contribution in [0.2, 0.25) is 0 Å². The van der Waals surface area contributed by atoms with Gasteiger partial charge in [0.15, 0.2) is 0 Å². The van der Waals surface area contributed by atoms with Crippen LogP contribution in [-0.2, 0) is 9.68 Å². The molecule has 0 aliphatic carbocycles. The fourth-order valence-electron chi connectivity index (χ4n) is 1.16. The molecule has 1 rings (SSSR count). The standard InChI is InChI=1S/C11H18N2O2/c1-4-14-13(15-5-2)10-7-6-9(3)11(12)8-10/h6-8H,4-5,12H2,1-3H3. The zero-order valence-electron chi connectivity index (χ0n) is 9.49. The van der Waals surface area contributed by atoms with E-state index in [0.29, 0.717) is 13.2 Å². The van der Waals surface area contributed by atoms with Crippen LogP contribution in [0.3, 0.4) is 0 Å². The minimum atomic E-state index is 0.549. The predicted molar refractivity (Wildman–Crippen MR) is 61.3 cm³/mol. The summed E-state index contributed by atoms with van der Waals surface area (Å²) in [6, 6.07) is 5.69. The van der Waals surface area contributed by atoms with E-state index in [4.69, 9.17) is 15.4 Å². The highest BCUT2D eigenvalue weighted by Crippen LogP contribution is 2.21. The monoisotopic (exact) mass is 210 g/mol. The highest BCUT2D eigenvalue weighted by Gasteiger charge is 2.07. The molecule has 1 aromatic rings. The largest absolute Gasteiger partial charge is 0.398 e. The summed E-state index contributed by atoms with van der Waals surface area (Å²) in [6.45, 7) is 6.87. The lowest BCUT2D eigenvalue weighted by atomic mass is 10.2. The Bertz CT molecular complexity index is 309. The molecule has 0 fully saturated rings. The normalized spacial score (nSPS) is 10.3. The minimum absolute atomic E-state index is 0.549. The zero-order chi connectivity index (χ0) is 11.3. The van der Waals surface area contributed by atoms with E-state index in [2.05, 4.69) is 0 Å². The number of nitrogens with zero attached hydrogens (tertiary/aromatic N) is 1. The summed E-state index contributed by atoms with van der Waals surface area (Å²) in [5.41, 5.74) is 8.40.